The van der Waals surface area contributed by atoms with E-state index in [1.165, 1.54) is 0 Å². The van der Waals surface area contributed by atoms with Crippen LogP contribution in [0.15, 0.2) is 24.3 Å². The third-order valence-corrected chi connectivity index (χ3v) is 1.99. The van der Waals surface area contributed by atoms with E-state index in [2.05, 4.69) is 19.2 Å². The summed E-state index contributed by atoms with van der Waals surface area (Å²) in [6.07, 6.45) is 0.552. The van der Waals surface area contributed by atoms with Crippen LogP contribution in [0.1, 0.15) is 37.6 Å². The van der Waals surface area contributed by atoms with Gasteiger partial charge in [0.2, 0.25) is 0 Å². The van der Waals surface area contributed by atoms with Crippen LogP contribution in [-0.2, 0) is 0 Å². The van der Waals surface area contributed by atoms with Gasteiger partial charge in [0.25, 0.3) is 0 Å². The summed E-state index contributed by atoms with van der Waals surface area (Å²) in [5.74, 6) is 0.189. The summed E-state index contributed by atoms with van der Waals surface area (Å²) in [6.45, 7) is 6.01. The molecule has 76 valence electrons. The maximum absolute atomic E-state index is 11.6. The van der Waals surface area contributed by atoms with Crippen molar-refractivity contribution in [2.24, 2.45) is 0 Å². The van der Waals surface area contributed by atoms with Crippen molar-refractivity contribution in [3.8, 4) is 0 Å². The van der Waals surface area contributed by atoms with Gasteiger partial charge in [0.1, 0.15) is 0 Å². The highest BCUT2D eigenvalue weighted by atomic mass is 16.1. The molecule has 1 aromatic carbocycles. The molecule has 0 aliphatic rings. The van der Waals surface area contributed by atoms with Gasteiger partial charge < -0.3 is 5.32 Å². The Bertz CT molecular complexity index is 318. The van der Waals surface area contributed by atoms with Crippen LogP contribution in [-0.4, -0.2) is 11.8 Å². The molecule has 0 aliphatic carbocycles. The second-order valence-electron chi connectivity index (χ2n) is 3.62. The predicted molar refractivity (Wildman–Crippen MR) is 59.8 cm³/mol. The van der Waals surface area contributed by atoms with Gasteiger partial charge in [-0.25, -0.2) is 0 Å². The topological polar surface area (TPSA) is 29.1 Å². The molecule has 0 aliphatic heterocycles. The quantitative estimate of drug-likeness (QED) is 0.741. The van der Waals surface area contributed by atoms with Gasteiger partial charge in [0.15, 0.2) is 5.78 Å². The van der Waals surface area contributed by atoms with Crippen molar-refractivity contribution in [2.75, 3.05) is 5.32 Å². The Balaban J connectivity index is 2.97. The fraction of sp³-hybridized carbons (Fsp3) is 0.417. The minimum absolute atomic E-state index is 0.189. The van der Waals surface area contributed by atoms with Gasteiger partial charge in [0, 0.05) is 23.7 Å². The highest BCUT2D eigenvalue weighted by molar-refractivity contribution is 6.01. The molecule has 0 heterocycles. The third-order valence-electron chi connectivity index (χ3n) is 1.99. The smallest absolute Gasteiger partial charge is 0.164 e. The van der Waals surface area contributed by atoms with Gasteiger partial charge in [-0.3, -0.25) is 4.79 Å². The molecule has 0 aromatic heterocycles. The number of carbonyl (C=O) groups is 1. The highest BCUT2D eigenvalue weighted by Gasteiger charge is 2.08. The first-order chi connectivity index (χ1) is 6.65. The number of carbonyl (C=O) groups excluding carboxylic acids is 1. The summed E-state index contributed by atoms with van der Waals surface area (Å²) < 4.78 is 0. The van der Waals surface area contributed by atoms with Gasteiger partial charge >= 0.3 is 0 Å². The van der Waals surface area contributed by atoms with Gasteiger partial charge in [-0.1, -0.05) is 19.1 Å². The number of anilines is 1. The normalized spacial score (nSPS) is 10.3. The number of benzene rings is 1. The van der Waals surface area contributed by atoms with Crippen molar-refractivity contribution in [1.82, 2.24) is 0 Å². The fourth-order valence-electron chi connectivity index (χ4n) is 1.35. The average molecular weight is 191 g/mol. The molecule has 1 rings (SSSR count). The second kappa shape index (κ2) is 4.80. The zero-order valence-corrected chi connectivity index (χ0v) is 9.00. The molecule has 0 spiro atoms. The van der Waals surface area contributed by atoms with E-state index < -0.39 is 0 Å². The number of Topliss-reactive ketones (excluding diaryl/α,β-unsaturated/α-hetero) is 1. The van der Waals surface area contributed by atoms with Crippen LogP contribution in [0, 0.1) is 0 Å². The van der Waals surface area contributed by atoms with E-state index >= 15 is 0 Å². The Hall–Kier alpha value is -1.31. The molecule has 1 N–H and O–H groups in total. The molecule has 2 nitrogen and oxygen atoms in total. The second-order valence-corrected chi connectivity index (χ2v) is 3.62. The minimum atomic E-state index is 0.189. The number of nitrogens with one attached hydrogen (secondary N) is 1. The van der Waals surface area contributed by atoms with E-state index in [1.807, 2.05) is 31.2 Å². The molecule has 14 heavy (non-hydrogen) atoms. The zero-order chi connectivity index (χ0) is 10.6. The lowest BCUT2D eigenvalue weighted by molar-refractivity contribution is 0.0989. The van der Waals surface area contributed by atoms with Crippen molar-refractivity contribution in [2.45, 2.75) is 33.2 Å². The van der Waals surface area contributed by atoms with Crippen LogP contribution in [0.2, 0.25) is 0 Å². The van der Waals surface area contributed by atoms with Gasteiger partial charge in [-0.2, -0.15) is 0 Å². The first-order valence-corrected chi connectivity index (χ1v) is 5.04. The van der Waals surface area contributed by atoms with Crippen LogP contribution >= 0.6 is 0 Å². The molecular formula is C12H17NO. The average Bonchev–Trinajstić information content (AvgIpc) is 2.16. The van der Waals surface area contributed by atoms with E-state index in [-0.39, 0.29) is 5.78 Å². The third kappa shape index (κ3) is 2.59. The number of rotatable bonds is 4. The maximum atomic E-state index is 11.6. The standard InChI is InChI=1S/C12H17NO/c1-4-12(14)10-7-5-6-8-11(10)13-9(2)3/h5-9,13H,4H2,1-3H3. The summed E-state index contributed by atoms with van der Waals surface area (Å²) in [6, 6.07) is 8.01. The molecule has 1 aromatic rings. The molecule has 0 bridgehead atoms. The van der Waals surface area contributed by atoms with Gasteiger partial charge in [-0.05, 0) is 26.0 Å². The van der Waals surface area contributed by atoms with Crippen molar-refractivity contribution in [3.05, 3.63) is 29.8 Å². The lowest BCUT2D eigenvalue weighted by Crippen LogP contribution is -2.13. The molecule has 0 saturated heterocycles. The Labute approximate surface area is 85.3 Å². The fourth-order valence-corrected chi connectivity index (χ4v) is 1.35. The monoisotopic (exact) mass is 191 g/mol. The van der Waals surface area contributed by atoms with Crippen molar-refractivity contribution >= 4 is 11.5 Å². The van der Waals surface area contributed by atoms with Crippen LogP contribution in [0.3, 0.4) is 0 Å². The molecule has 0 radical (unpaired) electrons. The van der Waals surface area contributed by atoms with Crippen LogP contribution in [0.5, 0.6) is 0 Å². The Morgan fingerprint density at radius 3 is 2.57 bits per heavy atom. The maximum Gasteiger partial charge on any atom is 0.164 e. The van der Waals surface area contributed by atoms with Crippen LogP contribution in [0.25, 0.3) is 0 Å². The van der Waals surface area contributed by atoms with Crippen molar-refractivity contribution in [1.29, 1.82) is 0 Å². The van der Waals surface area contributed by atoms with Crippen LogP contribution in [0.4, 0.5) is 5.69 Å². The molecule has 2 heteroatoms. The van der Waals surface area contributed by atoms with E-state index in [4.69, 9.17) is 0 Å². The Kier molecular flexibility index (Phi) is 3.69. The number of hydrogen-bond acceptors (Lipinski definition) is 2. The number of ketones is 1. The number of para-hydroxylation sites is 1. The molecular weight excluding hydrogens is 174 g/mol. The van der Waals surface area contributed by atoms with E-state index in [9.17, 15) is 4.79 Å². The lowest BCUT2D eigenvalue weighted by Gasteiger charge is -2.13. The zero-order valence-electron chi connectivity index (χ0n) is 9.00. The summed E-state index contributed by atoms with van der Waals surface area (Å²) in [7, 11) is 0. The summed E-state index contributed by atoms with van der Waals surface area (Å²) in [4.78, 5) is 11.6. The van der Waals surface area contributed by atoms with Crippen LogP contribution < -0.4 is 5.32 Å². The molecule has 0 amide bonds. The summed E-state index contributed by atoms with van der Waals surface area (Å²) in [5, 5.41) is 3.27. The Morgan fingerprint density at radius 1 is 1.36 bits per heavy atom. The van der Waals surface area contributed by atoms with E-state index in [0.29, 0.717) is 12.5 Å². The first kappa shape index (κ1) is 10.8. The molecule has 0 unspecified atom stereocenters. The molecule has 0 fully saturated rings. The first-order valence-electron chi connectivity index (χ1n) is 5.04. The van der Waals surface area contributed by atoms with E-state index in [0.717, 1.165) is 11.3 Å². The predicted octanol–water partition coefficient (Wildman–Crippen LogP) is 3.10. The largest absolute Gasteiger partial charge is 0.382 e. The number of hydrogen-bond donors (Lipinski definition) is 1. The summed E-state index contributed by atoms with van der Waals surface area (Å²) >= 11 is 0. The van der Waals surface area contributed by atoms with E-state index in [1.54, 1.807) is 0 Å². The lowest BCUT2D eigenvalue weighted by atomic mass is 10.1. The Morgan fingerprint density at radius 2 is 2.00 bits per heavy atom. The van der Waals surface area contributed by atoms with Gasteiger partial charge in [0.05, 0.1) is 0 Å². The van der Waals surface area contributed by atoms with Gasteiger partial charge in [-0.15, -0.1) is 0 Å². The van der Waals surface area contributed by atoms with Crippen molar-refractivity contribution in [3.63, 3.8) is 0 Å². The highest BCUT2D eigenvalue weighted by Crippen LogP contribution is 2.17. The minimum Gasteiger partial charge on any atom is -0.382 e. The molecule has 0 saturated carbocycles. The summed E-state index contributed by atoms with van der Waals surface area (Å²) in [5.41, 5.74) is 1.73. The van der Waals surface area contributed by atoms with Crippen molar-refractivity contribution < 1.29 is 4.79 Å². The molecule has 0 atom stereocenters. The SMILES string of the molecule is CCC(=O)c1ccccc1NC(C)C.